The van der Waals surface area contributed by atoms with Gasteiger partial charge in [-0.15, -0.1) is 11.3 Å². The van der Waals surface area contributed by atoms with Gasteiger partial charge in [-0.2, -0.15) is 0 Å². The van der Waals surface area contributed by atoms with Crippen molar-refractivity contribution in [2.24, 2.45) is 0 Å². The lowest BCUT2D eigenvalue weighted by molar-refractivity contribution is -0.890. The Labute approximate surface area is 198 Å². The van der Waals surface area contributed by atoms with Crippen molar-refractivity contribution in [3.8, 4) is 0 Å². The first-order valence-corrected chi connectivity index (χ1v) is 12.7. The Hall–Kier alpha value is -2.71. The number of likely N-dealkylation sites (tertiary alicyclic amines) is 1. The first-order chi connectivity index (χ1) is 16.0. The summed E-state index contributed by atoms with van der Waals surface area (Å²) in [6.45, 7) is 4.58. The van der Waals surface area contributed by atoms with Gasteiger partial charge in [0.25, 0.3) is 11.8 Å². The highest BCUT2D eigenvalue weighted by Gasteiger charge is 2.28. The molecule has 3 N–H and O–H groups in total. The van der Waals surface area contributed by atoms with E-state index in [1.165, 1.54) is 46.8 Å². The Morgan fingerprint density at radius 1 is 0.970 bits per heavy atom. The van der Waals surface area contributed by atoms with Gasteiger partial charge in [0.15, 0.2) is 6.54 Å². The van der Waals surface area contributed by atoms with E-state index >= 15 is 0 Å². The summed E-state index contributed by atoms with van der Waals surface area (Å²) in [6.07, 6.45) is 7.64. The molecule has 0 atom stereocenters. The molecule has 0 spiro atoms. The van der Waals surface area contributed by atoms with Crippen molar-refractivity contribution in [3.63, 3.8) is 0 Å². The number of esters is 1. The maximum atomic E-state index is 13.2. The molecule has 2 aromatic rings. The van der Waals surface area contributed by atoms with Crippen LogP contribution < -0.4 is 15.5 Å². The van der Waals surface area contributed by atoms with Crippen LogP contribution in [0.3, 0.4) is 0 Å². The summed E-state index contributed by atoms with van der Waals surface area (Å²) in [5.41, 5.74) is 2.67. The number of fused-ring (bicyclic) bond motifs is 1. The monoisotopic (exact) mass is 470 g/mol. The van der Waals surface area contributed by atoms with Gasteiger partial charge in [0.05, 0.1) is 30.8 Å². The number of nitrogens with one attached hydrogen (secondary N) is 3. The maximum Gasteiger partial charge on any atom is 0.338 e. The maximum absolute atomic E-state index is 13.2. The van der Waals surface area contributed by atoms with Crippen molar-refractivity contribution in [2.75, 3.05) is 36.9 Å². The van der Waals surface area contributed by atoms with E-state index in [0.717, 1.165) is 37.9 Å². The lowest BCUT2D eigenvalue weighted by Crippen LogP contribution is -3.12. The normalized spacial score (nSPS) is 16.0. The van der Waals surface area contributed by atoms with E-state index in [1.54, 1.807) is 31.2 Å². The van der Waals surface area contributed by atoms with E-state index < -0.39 is 0 Å². The van der Waals surface area contributed by atoms with Crippen molar-refractivity contribution in [1.29, 1.82) is 0 Å². The Morgan fingerprint density at radius 3 is 2.39 bits per heavy atom. The van der Waals surface area contributed by atoms with Crippen LogP contribution in [0.25, 0.3) is 0 Å². The summed E-state index contributed by atoms with van der Waals surface area (Å²) in [7, 11) is 0. The highest BCUT2D eigenvalue weighted by atomic mass is 32.1. The SMILES string of the molecule is CCOC(=O)c1ccc(NC(=O)c2c(NC(=O)C[NH+]3CCCCCC3)sc3c2CCC3)cc1. The minimum absolute atomic E-state index is 0.0281. The number of carbonyl (C=O) groups is 3. The van der Waals surface area contributed by atoms with Gasteiger partial charge < -0.3 is 20.3 Å². The molecule has 1 aliphatic heterocycles. The van der Waals surface area contributed by atoms with Crippen molar-refractivity contribution in [2.45, 2.75) is 51.9 Å². The fourth-order valence-electron chi connectivity index (χ4n) is 4.63. The zero-order valence-corrected chi connectivity index (χ0v) is 19.9. The van der Waals surface area contributed by atoms with Gasteiger partial charge in [-0.3, -0.25) is 9.59 Å². The smallest absolute Gasteiger partial charge is 0.338 e. The van der Waals surface area contributed by atoms with E-state index in [2.05, 4.69) is 10.6 Å². The molecule has 1 aliphatic carbocycles. The minimum Gasteiger partial charge on any atom is -0.462 e. The summed E-state index contributed by atoms with van der Waals surface area (Å²) in [4.78, 5) is 40.4. The van der Waals surface area contributed by atoms with Crippen molar-refractivity contribution < 1.29 is 24.0 Å². The van der Waals surface area contributed by atoms with Crippen LogP contribution in [0.2, 0.25) is 0 Å². The van der Waals surface area contributed by atoms with Crippen LogP contribution in [0.15, 0.2) is 24.3 Å². The average molecular weight is 471 g/mol. The molecule has 7 nitrogen and oxygen atoms in total. The molecular formula is C25H32N3O4S+. The molecule has 2 amide bonds. The highest BCUT2D eigenvalue weighted by Crippen LogP contribution is 2.39. The average Bonchev–Trinajstić information content (AvgIpc) is 3.26. The Bertz CT molecular complexity index is 1010. The number of amides is 2. The van der Waals surface area contributed by atoms with Crippen LogP contribution in [0, 0.1) is 0 Å². The van der Waals surface area contributed by atoms with Crippen LogP contribution >= 0.6 is 11.3 Å². The fraction of sp³-hybridized carbons (Fsp3) is 0.480. The molecule has 0 radical (unpaired) electrons. The number of carbonyl (C=O) groups excluding carboxylic acids is 3. The van der Waals surface area contributed by atoms with E-state index in [1.807, 2.05) is 0 Å². The summed E-state index contributed by atoms with van der Waals surface area (Å²) in [5, 5.41) is 6.64. The summed E-state index contributed by atoms with van der Waals surface area (Å²) >= 11 is 1.53. The van der Waals surface area contributed by atoms with Crippen LogP contribution in [0.1, 0.15) is 70.2 Å². The molecule has 1 saturated heterocycles. The number of ether oxygens (including phenoxy) is 1. The van der Waals surface area contributed by atoms with Crippen molar-refractivity contribution >= 4 is 39.8 Å². The molecule has 4 rings (SSSR count). The number of thiophene rings is 1. The van der Waals surface area contributed by atoms with Crippen LogP contribution in [0.4, 0.5) is 10.7 Å². The second kappa shape index (κ2) is 10.9. The summed E-state index contributed by atoms with van der Waals surface area (Å²) in [6, 6.07) is 6.66. The largest absolute Gasteiger partial charge is 0.462 e. The number of aryl methyl sites for hydroxylation is 1. The molecule has 0 unspecified atom stereocenters. The number of hydrogen-bond donors (Lipinski definition) is 3. The van der Waals surface area contributed by atoms with Gasteiger partial charge in [-0.1, -0.05) is 0 Å². The zero-order valence-electron chi connectivity index (χ0n) is 19.1. The predicted octanol–water partition coefficient (Wildman–Crippen LogP) is 3.06. The molecule has 176 valence electrons. The first-order valence-electron chi connectivity index (χ1n) is 11.9. The summed E-state index contributed by atoms with van der Waals surface area (Å²) in [5.74, 6) is -0.641. The van der Waals surface area contributed by atoms with E-state index in [9.17, 15) is 14.4 Å². The lowest BCUT2D eigenvalue weighted by Gasteiger charge is -2.16. The molecule has 1 aromatic carbocycles. The topological polar surface area (TPSA) is 88.9 Å². The van der Waals surface area contributed by atoms with Crippen molar-refractivity contribution in [1.82, 2.24) is 0 Å². The Balaban J connectivity index is 1.46. The van der Waals surface area contributed by atoms with Crippen LogP contribution in [-0.4, -0.2) is 44.0 Å². The summed E-state index contributed by atoms with van der Waals surface area (Å²) < 4.78 is 5.01. The molecule has 0 saturated carbocycles. The van der Waals surface area contributed by atoms with Gasteiger partial charge in [-0.05, 0) is 81.7 Å². The molecular weight excluding hydrogens is 438 g/mol. The third-order valence-corrected chi connectivity index (χ3v) is 7.48. The lowest BCUT2D eigenvalue weighted by atomic mass is 10.1. The number of anilines is 2. The Kier molecular flexibility index (Phi) is 7.77. The quantitative estimate of drug-likeness (QED) is 0.543. The third-order valence-electron chi connectivity index (χ3n) is 6.28. The molecule has 1 fully saturated rings. The predicted molar refractivity (Wildman–Crippen MR) is 129 cm³/mol. The minimum atomic E-state index is -0.387. The van der Waals surface area contributed by atoms with Crippen LogP contribution in [0.5, 0.6) is 0 Å². The Morgan fingerprint density at radius 2 is 1.70 bits per heavy atom. The third kappa shape index (κ3) is 5.81. The van der Waals surface area contributed by atoms with Gasteiger partial charge in [0.2, 0.25) is 0 Å². The molecule has 33 heavy (non-hydrogen) atoms. The number of quaternary nitrogens is 1. The van der Waals surface area contributed by atoms with Gasteiger partial charge in [0, 0.05) is 10.6 Å². The second-order valence-corrected chi connectivity index (χ2v) is 9.81. The van der Waals surface area contributed by atoms with Gasteiger partial charge >= 0.3 is 5.97 Å². The molecule has 2 heterocycles. The van der Waals surface area contributed by atoms with E-state index in [4.69, 9.17) is 4.74 Å². The zero-order chi connectivity index (χ0) is 23.2. The van der Waals surface area contributed by atoms with Gasteiger partial charge in [-0.25, -0.2) is 4.79 Å². The van der Waals surface area contributed by atoms with E-state index in [0.29, 0.717) is 35.0 Å². The number of rotatable bonds is 7. The fourth-order valence-corrected chi connectivity index (χ4v) is 5.94. The molecule has 8 heteroatoms. The van der Waals surface area contributed by atoms with Crippen molar-refractivity contribution in [3.05, 3.63) is 45.8 Å². The second-order valence-electron chi connectivity index (χ2n) is 8.70. The highest BCUT2D eigenvalue weighted by molar-refractivity contribution is 7.17. The standard InChI is InChI=1S/C25H31N3O4S/c1-2-32-25(31)17-10-12-18(13-11-17)26-23(30)22-19-8-7-9-20(19)33-24(22)27-21(29)16-28-14-5-3-4-6-15-28/h10-13H,2-9,14-16H2,1H3,(H,26,30)(H,27,29)/p+1. The molecule has 0 bridgehead atoms. The van der Waals surface area contributed by atoms with Crippen LogP contribution in [-0.2, 0) is 22.4 Å². The molecule has 1 aromatic heterocycles. The first kappa shape index (κ1) is 23.4. The number of benzene rings is 1. The van der Waals surface area contributed by atoms with Gasteiger partial charge in [0.1, 0.15) is 5.00 Å². The molecule has 2 aliphatic rings. The number of hydrogen-bond acceptors (Lipinski definition) is 5. The van der Waals surface area contributed by atoms with E-state index in [-0.39, 0.29) is 17.8 Å².